The second-order valence-electron chi connectivity index (χ2n) is 6.49. The predicted octanol–water partition coefficient (Wildman–Crippen LogP) is 5.87. The van der Waals surface area contributed by atoms with E-state index in [0.717, 1.165) is 10.0 Å². The van der Waals surface area contributed by atoms with E-state index >= 15 is 0 Å². The molecular formula is C23H11BrClN3O2. The fourth-order valence-electron chi connectivity index (χ4n) is 3.37. The second kappa shape index (κ2) is 7.68. The molecule has 0 spiro atoms. The molecular weight excluding hydrogens is 466 g/mol. The largest absolute Gasteiger partial charge is 0.423 e. The van der Waals surface area contributed by atoms with E-state index in [9.17, 15) is 15.3 Å². The Hall–Kier alpha value is -3.58. The maximum atomic E-state index is 12.2. The zero-order valence-corrected chi connectivity index (χ0v) is 17.6. The molecule has 1 aromatic heterocycles. The summed E-state index contributed by atoms with van der Waals surface area (Å²) >= 11 is 9.55. The van der Waals surface area contributed by atoms with Crippen LogP contribution in [0.4, 0.5) is 5.69 Å². The summed E-state index contributed by atoms with van der Waals surface area (Å²) in [6.45, 7) is 0. The normalized spacial score (nSPS) is 10.5. The monoisotopic (exact) mass is 475 g/mol. The fourth-order valence-corrected chi connectivity index (χ4v) is 3.81. The van der Waals surface area contributed by atoms with Gasteiger partial charge in [-0.05, 0) is 42.0 Å². The number of nitrogen functional groups attached to an aromatic ring is 1. The topological polar surface area (TPSA) is 104 Å². The van der Waals surface area contributed by atoms with Crippen molar-refractivity contribution in [1.29, 1.82) is 10.5 Å². The standard InChI is InChI=1S/C23H11BrClN3O2/c24-13-3-1-12(2-4-13)15-8-16(20(11-27)23(28)19(15)10-26)17-9-22(29)30-21-6-5-14(25)7-18(17)21/h1-9H,28H2. The molecule has 2 N–H and O–H groups in total. The number of rotatable bonds is 2. The Kier molecular flexibility index (Phi) is 5.05. The first-order chi connectivity index (χ1) is 14.4. The molecule has 3 aromatic carbocycles. The molecule has 0 radical (unpaired) electrons. The molecule has 0 saturated heterocycles. The van der Waals surface area contributed by atoms with Gasteiger partial charge in [-0.15, -0.1) is 0 Å². The van der Waals surface area contributed by atoms with Crippen LogP contribution in [-0.4, -0.2) is 0 Å². The highest BCUT2D eigenvalue weighted by atomic mass is 79.9. The minimum Gasteiger partial charge on any atom is -0.423 e. The lowest BCUT2D eigenvalue weighted by atomic mass is 9.89. The number of nitrogens with two attached hydrogens (primary N) is 1. The van der Waals surface area contributed by atoms with Crippen molar-refractivity contribution in [2.45, 2.75) is 0 Å². The van der Waals surface area contributed by atoms with Crippen molar-refractivity contribution in [2.75, 3.05) is 5.73 Å². The van der Waals surface area contributed by atoms with Gasteiger partial charge in [0.25, 0.3) is 0 Å². The molecule has 0 saturated carbocycles. The molecule has 0 aliphatic rings. The van der Waals surface area contributed by atoms with Crippen LogP contribution in [0.5, 0.6) is 0 Å². The average Bonchev–Trinajstić information content (AvgIpc) is 2.73. The first-order valence-electron chi connectivity index (χ1n) is 8.69. The summed E-state index contributed by atoms with van der Waals surface area (Å²) < 4.78 is 6.15. The summed E-state index contributed by atoms with van der Waals surface area (Å²) in [5.74, 6) is 0. The number of benzene rings is 3. The summed E-state index contributed by atoms with van der Waals surface area (Å²) in [4.78, 5) is 12.2. The summed E-state index contributed by atoms with van der Waals surface area (Å²) in [6, 6.07) is 19.4. The zero-order valence-electron chi connectivity index (χ0n) is 15.2. The van der Waals surface area contributed by atoms with Crippen LogP contribution >= 0.6 is 27.5 Å². The minimum atomic E-state index is -0.572. The third kappa shape index (κ3) is 3.33. The van der Waals surface area contributed by atoms with Gasteiger partial charge in [0.15, 0.2) is 0 Å². The minimum absolute atomic E-state index is 0.0545. The SMILES string of the molecule is N#Cc1c(-c2ccc(Br)cc2)cc(-c2cc(=O)oc3ccc(Cl)cc23)c(C#N)c1N. The summed E-state index contributed by atoms with van der Waals surface area (Å²) in [6.07, 6.45) is 0. The summed E-state index contributed by atoms with van der Waals surface area (Å²) in [5.41, 5.74) is 8.54. The third-order valence-electron chi connectivity index (χ3n) is 4.74. The highest BCUT2D eigenvalue weighted by Crippen LogP contribution is 2.39. The van der Waals surface area contributed by atoms with Crippen molar-refractivity contribution in [3.63, 3.8) is 0 Å². The van der Waals surface area contributed by atoms with Crippen molar-refractivity contribution in [1.82, 2.24) is 0 Å². The molecule has 0 atom stereocenters. The Bertz CT molecular complexity index is 1460. The lowest BCUT2D eigenvalue weighted by molar-refractivity contribution is 0.561. The van der Waals surface area contributed by atoms with Gasteiger partial charge in [0.05, 0.1) is 16.8 Å². The molecule has 5 nitrogen and oxygen atoms in total. The first kappa shape index (κ1) is 19.7. The quantitative estimate of drug-likeness (QED) is 0.288. The number of nitrogens with zero attached hydrogens (tertiary/aromatic N) is 2. The summed E-state index contributed by atoms with van der Waals surface area (Å²) in [7, 11) is 0. The van der Waals surface area contributed by atoms with E-state index in [4.69, 9.17) is 21.8 Å². The maximum Gasteiger partial charge on any atom is 0.336 e. The van der Waals surface area contributed by atoms with Crippen molar-refractivity contribution in [2.24, 2.45) is 0 Å². The van der Waals surface area contributed by atoms with Crippen LogP contribution in [0.15, 0.2) is 68.3 Å². The molecule has 0 fully saturated rings. The molecule has 0 bridgehead atoms. The Morgan fingerprint density at radius 2 is 1.57 bits per heavy atom. The van der Waals surface area contributed by atoms with Crippen LogP contribution in [-0.2, 0) is 0 Å². The molecule has 0 unspecified atom stereocenters. The van der Waals surface area contributed by atoms with Gasteiger partial charge in [0.2, 0.25) is 0 Å². The number of nitriles is 2. The number of hydrogen-bond acceptors (Lipinski definition) is 5. The van der Waals surface area contributed by atoms with Gasteiger partial charge in [-0.3, -0.25) is 0 Å². The number of hydrogen-bond donors (Lipinski definition) is 1. The van der Waals surface area contributed by atoms with E-state index in [1.807, 2.05) is 24.3 Å². The summed E-state index contributed by atoms with van der Waals surface area (Å²) in [5, 5.41) is 20.5. The van der Waals surface area contributed by atoms with Crippen molar-refractivity contribution < 1.29 is 4.42 Å². The number of anilines is 1. The number of fused-ring (bicyclic) bond motifs is 1. The Morgan fingerprint density at radius 3 is 2.23 bits per heavy atom. The highest BCUT2D eigenvalue weighted by Gasteiger charge is 2.20. The molecule has 0 aliphatic carbocycles. The van der Waals surface area contributed by atoms with Gasteiger partial charge < -0.3 is 10.2 Å². The molecule has 4 rings (SSSR count). The number of halogens is 2. The van der Waals surface area contributed by atoms with E-state index in [2.05, 4.69) is 28.1 Å². The first-order valence-corrected chi connectivity index (χ1v) is 9.86. The fraction of sp³-hybridized carbons (Fsp3) is 0. The van der Waals surface area contributed by atoms with Crippen LogP contribution in [0.1, 0.15) is 11.1 Å². The molecule has 0 amide bonds. The van der Waals surface area contributed by atoms with Crippen molar-refractivity contribution in [3.05, 3.63) is 85.6 Å². The Labute approximate surface area is 184 Å². The van der Waals surface area contributed by atoms with E-state index in [1.165, 1.54) is 6.07 Å². The Balaban J connectivity index is 2.14. The lowest BCUT2D eigenvalue weighted by Crippen LogP contribution is -2.03. The van der Waals surface area contributed by atoms with Gasteiger partial charge in [-0.2, -0.15) is 10.5 Å². The van der Waals surface area contributed by atoms with Gasteiger partial charge in [-0.1, -0.05) is 39.7 Å². The molecule has 30 heavy (non-hydrogen) atoms. The third-order valence-corrected chi connectivity index (χ3v) is 5.50. The van der Waals surface area contributed by atoms with Crippen LogP contribution in [0.3, 0.4) is 0 Å². The maximum absolute atomic E-state index is 12.2. The van der Waals surface area contributed by atoms with Crippen LogP contribution < -0.4 is 11.4 Å². The average molecular weight is 477 g/mol. The second-order valence-corrected chi connectivity index (χ2v) is 7.84. The van der Waals surface area contributed by atoms with E-state index < -0.39 is 5.63 Å². The van der Waals surface area contributed by atoms with E-state index in [-0.39, 0.29) is 16.8 Å². The van der Waals surface area contributed by atoms with Crippen LogP contribution in [0.2, 0.25) is 5.02 Å². The van der Waals surface area contributed by atoms with E-state index in [0.29, 0.717) is 32.7 Å². The smallest absolute Gasteiger partial charge is 0.336 e. The zero-order chi connectivity index (χ0) is 21.4. The van der Waals surface area contributed by atoms with Crippen molar-refractivity contribution >= 4 is 44.2 Å². The lowest BCUT2D eigenvalue weighted by Gasteiger charge is -2.15. The van der Waals surface area contributed by atoms with Crippen LogP contribution in [0, 0.1) is 22.7 Å². The predicted molar refractivity (Wildman–Crippen MR) is 120 cm³/mol. The van der Waals surface area contributed by atoms with Gasteiger partial charge >= 0.3 is 5.63 Å². The molecule has 144 valence electrons. The molecule has 0 aliphatic heterocycles. The molecule has 7 heteroatoms. The van der Waals surface area contributed by atoms with Crippen LogP contribution in [0.25, 0.3) is 33.2 Å². The highest BCUT2D eigenvalue weighted by molar-refractivity contribution is 9.10. The van der Waals surface area contributed by atoms with Gasteiger partial charge in [0.1, 0.15) is 17.7 Å². The van der Waals surface area contributed by atoms with Crippen molar-refractivity contribution in [3.8, 4) is 34.4 Å². The molecule has 4 aromatic rings. The van der Waals surface area contributed by atoms with Gasteiger partial charge in [-0.25, -0.2) is 4.79 Å². The molecule has 1 heterocycles. The Morgan fingerprint density at radius 1 is 0.900 bits per heavy atom. The van der Waals surface area contributed by atoms with E-state index in [1.54, 1.807) is 24.3 Å². The van der Waals surface area contributed by atoms with Gasteiger partial charge in [0, 0.05) is 37.6 Å².